The molecule has 240 valence electrons. The van der Waals surface area contributed by atoms with E-state index in [1.807, 2.05) is 35.9 Å². The van der Waals surface area contributed by atoms with Gasteiger partial charge in [0.1, 0.15) is 26.3 Å². The summed E-state index contributed by atoms with van der Waals surface area (Å²) < 4.78 is 12.5. The Kier molecular flexibility index (Phi) is 23.7. The normalized spacial score (nSPS) is 10.8. The highest BCUT2D eigenvalue weighted by Crippen LogP contribution is 2.13. The number of aromatic nitrogens is 1. The summed E-state index contributed by atoms with van der Waals surface area (Å²) >= 11 is 1.53. The lowest BCUT2D eigenvalue weighted by Crippen LogP contribution is -2.43. The highest BCUT2D eigenvalue weighted by atomic mass is 32.2. The van der Waals surface area contributed by atoms with Crippen molar-refractivity contribution in [3.63, 3.8) is 0 Å². The number of thioether (sulfide) groups is 1. The van der Waals surface area contributed by atoms with Gasteiger partial charge in [0.2, 0.25) is 11.6 Å². The number of nitrogens with zero attached hydrogens (tertiary/aromatic N) is 2. The Balaban J connectivity index is 1.94. The number of imide groups is 1. The largest absolute Gasteiger partial charge is 0.449 e. The number of amides is 3. The molecule has 0 aliphatic carbocycles. The van der Waals surface area contributed by atoms with Crippen molar-refractivity contribution in [2.24, 2.45) is 0 Å². The van der Waals surface area contributed by atoms with E-state index in [1.165, 1.54) is 102 Å². The Morgan fingerprint density at radius 3 is 1.88 bits per heavy atom. The van der Waals surface area contributed by atoms with Gasteiger partial charge in [0.15, 0.2) is 6.20 Å². The van der Waals surface area contributed by atoms with E-state index in [0.717, 1.165) is 30.0 Å². The fourth-order valence-electron chi connectivity index (χ4n) is 4.73. The van der Waals surface area contributed by atoms with Gasteiger partial charge in [-0.05, 0) is 13.3 Å². The molecule has 0 saturated heterocycles. The van der Waals surface area contributed by atoms with Gasteiger partial charge >= 0.3 is 12.2 Å². The molecule has 0 saturated carbocycles. The molecule has 0 bridgehead atoms. The van der Waals surface area contributed by atoms with Crippen LogP contribution in [0.4, 0.5) is 9.59 Å². The zero-order valence-corrected chi connectivity index (χ0v) is 27.5. The molecule has 0 radical (unpaired) electrons. The molecular formula is C33H58N3O5S+. The number of unbranched alkanes of at least 4 members (excludes halogenated alkanes) is 14. The van der Waals surface area contributed by atoms with Crippen LogP contribution in [0.2, 0.25) is 0 Å². The van der Waals surface area contributed by atoms with E-state index in [4.69, 9.17) is 9.47 Å². The molecule has 3 amide bonds. The minimum Gasteiger partial charge on any atom is -0.449 e. The van der Waals surface area contributed by atoms with Crippen LogP contribution in [0.25, 0.3) is 0 Å². The number of aryl methyl sites for hydroxylation is 1. The average Bonchev–Trinajstić information content (AvgIpc) is 2.99. The van der Waals surface area contributed by atoms with Crippen LogP contribution in [0.5, 0.6) is 0 Å². The molecular weight excluding hydrogens is 550 g/mol. The average molecular weight is 609 g/mol. The SMILES string of the molecule is CCCCCCCCCCCCCCCCCNC(=O)OCCSCCOC(=O)N(Cc1cccc[n+]1CC)C(C)=O. The zero-order chi connectivity index (χ0) is 30.7. The minimum absolute atomic E-state index is 0.165. The van der Waals surface area contributed by atoms with Gasteiger partial charge in [-0.1, -0.05) is 103 Å². The van der Waals surface area contributed by atoms with Crippen molar-refractivity contribution < 1.29 is 28.4 Å². The summed E-state index contributed by atoms with van der Waals surface area (Å²) in [5.41, 5.74) is 0.858. The minimum atomic E-state index is -0.649. The Morgan fingerprint density at radius 2 is 1.33 bits per heavy atom. The molecule has 1 aromatic rings. The zero-order valence-electron chi connectivity index (χ0n) is 26.7. The summed E-state index contributed by atoms with van der Waals surface area (Å²) in [6.45, 7) is 7.67. The molecule has 0 aliphatic heterocycles. The summed E-state index contributed by atoms with van der Waals surface area (Å²) in [5.74, 6) is 0.811. The van der Waals surface area contributed by atoms with Gasteiger partial charge in [0, 0.05) is 37.1 Å². The predicted octanol–water partition coefficient (Wildman–Crippen LogP) is 7.81. The first-order valence-corrected chi connectivity index (χ1v) is 17.6. The molecule has 8 nitrogen and oxygen atoms in total. The van der Waals surface area contributed by atoms with Gasteiger partial charge in [0.25, 0.3) is 0 Å². The van der Waals surface area contributed by atoms with Crippen LogP contribution in [0, 0.1) is 0 Å². The maximum atomic E-state index is 12.4. The van der Waals surface area contributed by atoms with Crippen molar-refractivity contribution >= 4 is 29.9 Å². The number of hydrogen-bond acceptors (Lipinski definition) is 6. The summed E-state index contributed by atoms with van der Waals surface area (Å²) in [6.07, 6.45) is 20.7. The molecule has 1 rings (SSSR count). The van der Waals surface area contributed by atoms with E-state index in [2.05, 4.69) is 12.2 Å². The van der Waals surface area contributed by atoms with Crippen LogP contribution in [0.3, 0.4) is 0 Å². The van der Waals surface area contributed by atoms with Gasteiger partial charge in [-0.15, -0.1) is 0 Å². The molecule has 0 aliphatic rings. The smallest absolute Gasteiger partial charge is 0.417 e. The first-order valence-electron chi connectivity index (χ1n) is 16.4. The monoisotopic (exact) mass is 608 g/mol. The standard InChI is InChI=1S/C33H57N3O5S/c1-4-6-7-8-9-10-11-12-13-14-15-16-17-18-20-23-34-32(38)40-25-27-42-28-26-41-33(39)36(30(3)37)29-31-22-19-21-24-35(31)5-2/h19,21-22,24H,4-18,20,23,25-29H2,1-3H3/p+1. The van der Waals surface area contributed by atoms with E-state index in [9.17, 15) is 14.4 Å². The maximum Gasteiger partial charge on any atom is 0.417 e. The molecule has 1 N–H and O–H groups in total. The van der Waals surface area contributed by atoms with Crippen molar-refractivity contribution in [2.45, 2.75) is 130 Å². The second-order valence-corrected chi connectivity index (χ2v) is 12.0. The van der Waals surface area contributed by atoms with Gasteiger partial charge in [0.05, 0.1) is 0 Å². The molecule has 1 heterocycles. The van der Waals surface area contributed by atoms with E-state index in [0.29, 0.717) is 24.7 Å². The lowest BCUT2D eigenvalue weighted by Gasteiger charge is -2.17. The van der Waals surface area contributed by atoms with Gasteiger partial charge in [-0.2, -0.15) is 11.8 Å². The lowest BCUT2D eigenvalue weighted by atomic mass is 10.0. The Bertz CT molecular complexity index is 855. The van der Waals surface area contributed by atoms with Gasteiger partial charge in [-0.3, -0.25) is 4.79 Å². The van der Waals surface area contributed by atoms with Crippen molar-refractivity contribution in [1.82, 2.24) is 10.2 Å². The Hall–Kier alpha value is -2.29. The van der Waals surface area contributed by atoms with Crippen molar-refractivity contribution in [1.29, 1.82) is 0 Å². The Morgan fingerprint density at radius 1 is 0.786 bits per heavy atom. The number of nitrogens with one attached hydrogen (secondary N) is 1. The van der Waals surface area contributed by atoms with E-state index in [1.54, 1.807) is 0 Å². The first-order chi connectivity index (χ1) is 20.5. The van der Waals surface area contributed by atoms with Crippen LogP contribution >= 0.6 is 11.8 Å². The number of ether oxygens (including phenoxy) is 2. The number of carbonyl (C=O) groups excluding carboxylic acids is 3. The molecule has 9 heteroatoms. The molecule has 0 unspecified atom stereocenters. The molecule has 0 fully saturated rings. The van der Waals surface area contributed by atoms with Crippen LogP contribution in [0.15, 0.2) is 24.4 Å². The predicted molar refractivity (Wildman–Crippen MR) is 171 cm³/mol. The third-order valence-electron chi connectivity index (χ3n) is 7.26. The quantitative estimate of drug-likeness (QED) is 0.0900. The fourth-order valence-corrected chi connectivity index (χ4v) is 5.34. The van der Waals surface area contributed by atoms with E-state index < -0.39 is 6.09 Å². The maximum absolute atomic E-state index is 12.4. The molecule has 0 atom stereocenters. The third-order valence-corrected chi connectivity index (χ3v) is 8.17. The van der Waals surface area contributed by atoms with Crippen LogP contribution in [-0.2, 0) is 27.4 Å². The number of pyridine rings is 1. The van der Waals surface area contributed by atoms with Crippen molar-refractivity contribution in [3.8, 4) is 0 Å². The van der Waals surface area contributed by atoms with Crippen molar-refractivity contribution in [3.05, 3.63) is 30.1 Å². The summed E-state index contributed by atoms with van der Waals surface area (Å²) in [7, 11) is 0. The fraction of sp³-hybridized carbons (Fsp3) is 0.758. The summed E-state index contributed by atoms with van der Waals surface area (Å²) in [4.78, 5) is 37.4. The van der Waals surface area contributed by atoms with E-state index >= 15 is 0 Å². The second-order valence-electron chi connectivity index (χ2n) is 10.8. The number of alkyl carbamates (subject to hydrolysis) is 1. The van der Waals surface area contributed by atoms with Crippen LogP contribution < -0.4 is 9.88 Å². The van der Waals surface area contributed by atoms with E-state index in [-0.39, 0.29) is 25.2 Å². The highest BCUT2D eigenvalue weighted by molar-refractivity contribution is 7.99. The van der Waals surface area contributed by atoms with Gasteiger partial charge in [-0.25, -0.2) is 19.1 Å². The molecule has 0 spiro atoms. The summed E-state index contributed by atoms with van der Waals surface area (Å²) in [5, 5.41) is 2.82. The van der Waals surface area contributed by atoms with Crippen LogP contribution in [0.1, 0.15) is 123 Å². The molecule has 1 aromatic heterocycles. The van der Waals surface area contributed by atoms with Gasteiger partial charge < -0.3 is 14.8 Å². The number of hydrogen-bond donors (Lipinski definition) is 1. The van der Waals surface area contributed by atoms with Crippen molar-refractivity contribution in [2.75, 3.05) is 31.3 Å². The molecule has 42 heavy (non-hydrogen) atoms. The summed E-state index contributed by atoms with van der Waals surface area (Å²) in [6, 6.07) is 5.68. The topological polar surface area (TPSA) is 88.8 Å². The highest BCUT2D eigenvalue weighted by Gasteiger charge is 2.23. The molecule has 0 aromatic carbocycles. The number of carbonyl (C=O) groups is 3. The lowest BCUT2D eigenvalue weighted by molar-refractivity contribution is -0.701. The van der Waals surface area contributed by atoms with Crippen LogP contribution in [-0.4, -0.2) is 54.3 Å². The second kappa shape index (κ2) is 26.3. The third kappa shape index (κ3) is 19.8. The number of rotatable bonds is 25. The first kappa shape index (κ1) is 37.7. The Labute approximate surface area is 259 Å².